The van der Waals surface area contributed by atoms with Gasteiger partial charge in [-0.15, -0.1) is 0 Å². The third-order valence-electron chi connectivity index (χ3n) is 3.30. The predicted molar refractivity (Wildman–Crippen MR) is 80.7 cm³/mol. The average Bonchev–Trinajstić information content (AvgIpc) is 2.47. The van der Waals surface area contributed by atoms with E-state index in [1.54, 1.807) is 0 Å². The predicted octanol–water partition coefficient (Wildman–Crippen LogP) is 1.71. The zero-order valence-electron chi connectivity index (χ0n) is 10.5. The second kappa shape index (κ2) is 5.11. The van der Waals surface area contributed by atoms with Gasteiger partial charge in [0, 0.05) is 24.2 Å². The van der Waals surface area contributed by atoms with Gasteiger partial charge >= 0.3 is 0 Å². The minimum Gasteiger partial charge on any atom is -0.388 e. The van der Waals surface area contributed by atoms with Crippen LogP contribution < -0.4 is 10.6 Å². The Morgan fingerprint density at radius 2 is 2.00 bits per heavy atom. The van der Waals surface area contributed by atoms with E-state index in [4.69, 9.17) is 22.7 Å². The molecule has 2 N–H and O–H groups in total. The Kier molecular flexibility index (Phi) is 3.31. The number of aromatic nitrogens is 1. The van der Waals surface area contributed by atoms with E-state index in [9.17, 15) is 0 Å². The van der Waals surface area contributed by atoms with Crippen molar-refractivity contribution in [2.75, 3.05) is 31.2 Å². The molecule has 0 aliphatic carbocycles. The quantitative estimate of drug-likeness (QED) is 0.844. The Balaban J connectivity index is 1.97. The maximum Gasteiger partial charge on any atom is 0.122 e. The zero-order chi connectivity index (χ0) is 13.2. The van der Waals surface area contributed by atoms with Gasteiger partial charge in [-0.1, -0.05) is 18.3 Å². The lowest BCUT2D eigenvalue weighted by Crippen LogP contribution is -2.36. The number of hydrogen-bond acceptors (Lipinski definition) is 4. The van der Waals surface area contributed by atoms with Crippen molar-refractivity contribution in [3.63, 3.8) is 0 Å². The summed E-state index contributed by atoms with van der Waals surface area (Å²) in [5.41, 5.74) is 8.39. The third-order valence-corrected chi connectivity index (χ3v) is 3.51. The number of pyridine rings is 1. The fraction of sp³-hybridized carbons (Fsp3) is 0.286. The molecule has 5 heteroatoms. The second-order valence-electron chi connectivity index (χ2n) is 4.54. The summed E-state index contributed by atoms with van der Waals surface area (Å²) in [5, 5.41) is 1.10. The van der Waals surface area contributed by atoms with Crippen LogP contribution in [0.4, 0.5) is 5.69 Å². The van der Waals surface area contributed by atoms with Crippen LogP contribution in [0.1, 0.15) is 5.69 Å². The van der Waals surface area contributed by atoms with E-state index in [1.165, 1.54) is 5.69 Å². The molecule has 1 aromatic heterocycles. The highest BCUT2D eigenvalue weighted by Gasteiger charge is 2.11. The normalized spacial score (nSPS) is 15.7. The molecule has 0 atom stereocenters. The molecule has 19 heavy (non-hydrogen) atoms. The fourth-order valence-electron chi connectivity index (χ4n) is 2.27. The van der Waals surface area contributed by atoms with Crippen molar-refractivity contribution in [3.8, 4) is 0 Å². The number of hydrogen-bond donors (Lipinski definition) is 1. The van der Waals surface area contributed by atoms with Crippen LogP contribution in [0.2, 0.25) is 0 Å². The molecule has 0 radical (unpaired) electrons. The van der Waals surface area contributed by atoms with Crippen LogP contribution in [0, 0.1) is 0 Å². The van der Waals surface area contributed by atoms with Crippen LogP contribution in [0.5, 0.6) is 0 Å². The van der Waals surface area contributed by atoms with E-state index in [1.807, 2.05) is 18.2 Å². The lowest BCUT2D eigenvalue weighted by Gasteiger charge is -2.29. The number of nitrogens with two attached hydrogens (primary N) is 1. The van der Waals surface area contributed by atoms with E-state index < -0.39 is 0 Å². The number of ether oxygens (including phenoxy) is 1. The topological polar surface area (TPSA) is 51.4 Å². The van der Waals surface area contributed by atoms with Crippen LogP contribution in [-0.4, -0.2) is 36.3 Å². The van der Waals surface area contributed by atoms with Gasteiger partial charge in [0.25, 0.3) is 0 Å². The van der Waals surface area contributed by atoms with Gasteiger partial charge in [0.05, 0.1) is 24.4 Å². The van der Waals surface area contributed by atoms with Crippen molar-refractivity contribution in [1.82, 2.24) is 4.98 Å². The summed E-state index contributed by atoms with van der Waals surface area (Å²) in [7, 11) is 0. The highest BCUT2D eigenvalue weighted by Crippen LogP contribution is 2.22. The summed E-state index contributed by atoms with van der Waals surface area (Å²) >= 11 is 4.95. The molecule has 0 amide bonds. The lowest BCUT2D eigenvalue weighted by atomic mass is 10.1. The third kappa shape index (κ3) is 2.52. The van der Waals surface area contributed by atoms with Gasteiger partial charge in [-0.2, -0.15) is 0 Å². The first-order valence-corrected chi connectivity index (χ1v) is 6.68. The van der Waals surface area contributed by atoms with Crippen molar-refractivity contribution >= 4 is 33.8 Å². The summed E-state index contributed by atoms with van der Waals surface area (Å²) in [6.45, 7) is 3.45. The Labute approximate surface area is 117 Å². The van der Waals surface area contributed by atoms with Gasteiger partial charge in [-0.25, -0.2) is 4.98 Å². The monoisotopic (exact) mass is 273 g/mol. The largest absolute Gasteiger partial charge is 0.388 e. The summed E-state index contributed by atoms with van der Waals surface area (Å²) in [5.74, 6) is 0. The molecule has 1 aromatic carbocycles. The van der Waals surface area contributed by atoms with E-state index >= 15 is 0 Å². The molecule has 1 aliphatic rings. The van der Waals surface area contributed by atoms with Crippen molar-refractivity contribution in [3.05, 3.63) is 36.0 Å². The summed E-state index contributed by atoms with van der Waals surface area (Å²) in [6, 6.07) is 10.1. The minimum absolute atomic E-state index is 0.333. The lowest BCUT2D eigenvalue weighted by molar-refractivity contribution is 0.122. The zero-order valence-corrected chi connectivity index (χ0v) is 11.3. The highest BCUT2D eigenvalue weighted by atomic mass is 32.1. The molecule has 0 spiro atoms. The molecule has 1 saturated heterocycles. The maximum absolute atomic E-state index is 5.60. The first-order valence-electron chi connectivity index (χ1n) is 6.27. The van der Waals surface area contributed by atoms with Crippen molar-refractivity contribution in [2.24, 2.45) is 5.73 Å². The number of fused-ring (bicyclic) bond motifs is 1. The molecule has 4 nitrogen and oxygen atoms in total. The van der Waals surface area contributed by atoms with E-state index in [2.05, 4.69) is 22.0 Å². The standard InChI is InChI=1S/C14H15N3OS/c15-14(19)13-3-1-10-9-11(2-4-12(10)16-13)17-5-7-18-8-6-17/h1-4,9H,5-8H2,(H2,15,19). The van der Waals surface area contributed by atoms with Gasteiger partial charge in [0.2, 0.25) is 0 Å². The van der Waals surface area contributed by atoms with Crippen LogP contribution >= 0.6 is 12.2 Å². The fourth-order valence-corrected chi connectivity index (χ4v) is 2.38. The van der Waals surface area contributed by atoms with Crippen LogP contribution in [-0.2, 0) is 4.74 Å². The van der Waals surface area contributed by atoms with Gasteiger partial charge in [-0.3, -0.25) is 0 Å². The SMILES string of the molecule is NC(=S)c1ccc2cc(N3CCOCC3)ccc2n1. The van der Waals surface area contributed by atoms with Crippen LogP contribution in [0.25, 0.3) is 10.9 Å². The van der Waals surface area contributed by atoms with Gasteiger partial charge in [0.1, 0.15) is 4.99 Å². The molecule has 0 unspecified atom stereocenters. The molecule has 3 rings (SSSR count). The molecule has 2 heterocycles. The van der Waals surface area contributed by atoms with Crippen LogP contribution in [0.15, 0.2) is 30.3 Å². The molecule has 2 aromatic rings. The molecule has 1 fully saturated rings. The Bertz CT molecular complexity index is 623. The molecule has 0 saturated carbocycles. The molecular weight excluding hydrogens is 258 g/mol. The van der Waals surface area contributed by atoms with E-state index in [0.717, 1.165) is 37.2 Å². The number of benzene rings is 1. The van der Waals surface area contributed by atoms with Gasteiger partial charge in [0.15, 0.2) is 0 Å². The first-order chi connectivity index (χ1) is 9.24. The Morgan fingerprint density at radius 3 is 2.74 bits per heavy atom. The van der Waals surface area contributed by atoms with Crippen LogP contribution in [0.3, 0.4) is 0 Å². The van der Waals surface area contributed by atoms with Crippen molar-refractivity contribution in [2.45, 2.75) is 0 Å². The van der Waals surface area contributed by atoms with E-state index in [-0.39, 0.29) is 0 Å². The molecular formula is C14H15N3OS. The van der Waals surface area contributed by atoms with Crippen molar-refractivity contribution in [1.29, 1.82) is 0 Å². The Morgan fingerprint density at radius 1 is 1.21 bits per heavy atom. The number of rotatable bonds is 2. The first kappa shape index (κ1) is 12.3. The molecule has 0 bridgehead atoms. The number of morpholine rings is 1. The van der Waals surface area contributed by atoms with E-state index in [0.29, 0.717) is 10.7 Å². The molecule has 1 aliphatic heterocycles. The molecule has 98 valence electrons. The maximum atomic E-state index is 5.60. The summed E-state index contributed by atoms with van der Waals surface area (Å²) in [6.07, 6.45) is 0. The Hall–Kier alpha value is -1.72. The van der Waals surface area contributed by atoms with Gasteiger partial charge < -0.3 is 15.4 Å². The number of nitrogens with zero attached hydrogens (tertiary/aromatic N) is 2. The number of thiocarbonyl (C=S) groups is 1. The second-order valence-corrected chi connectivity index (χ2v) is 4.98. The highest BCUT2D eigenvalue weighted by molar-refractivity contribution is 7.80. The smallest absolute Gasteiger partial charge is 0.122 e. The summed E-state index contributed by atoms with van der Waals surface area (Å²) in [4.78, 5) is 7.11. The number of anilines is 1. The summed E-state index contributed by atoms with van der Waals surface area (Å²) < 4.78 is 5.37. The average molecular weight is 273 g/mol. The van der Waals surface area contributed by atoms with Crippen molar-refractivity contribution < 1.29 is 4.74 Å². The minimum atomic E-state index is 0.333. The van der Waals surface area contributed by atoms with Gasteiger partial charge in [-0.05, 0) is 24.3 Å².